The van der Waals surface area contributed by atoms with Crippen molar-refractivity contribution >= 4 is 11.6 Å². The Morgan fingerprint density at radius 3 is 3.16 bits per heavy atom. The summed E-state index contributed by atoms with van der Waals surface area (Å²) in [7, 11) is 0. The molecule has 1 amide bonds. The van der Waals surface area contributed by atoms with E-state index in [1.165, 1.54) is 0 Å². The summed E-state index contributed by atoms with van der Waals surface area (Å²) in [6.45, 7) is 3.01. The van der Waals surface area contributed by atoms with Crippen molar-refractivity contribution in [1.82, 2.24) is 0 Å². The molecule has 0 aliphatic carbocycles. The highest BCUT2D eigenvalue weighted by Crippen LogP contribution is 2.19. The number of nitrogens with two attached hydrogens (primary N) is 1. The van der Waals surface area contributed by atoms with Crippen LogP contribution in [0.15, 0.2) is 24.3 Å². The van der Waals surface area contributed by atoms with E-state index in [1.807, 2.05) is 12.1 Å². The molecule has 2 atom stereocenters. The van der Waals surface area contributed by atoms with Crippen LogP contribution < -0.4 is 15.8 Å². The third-order valence-electron chi connectivity index (χ3n) is 2.98. The normalized spacial score (nSPS) is 20.0. The number of amides is 1. The van der Waals surface area contributed by atoms with Crippen molar-refractivity contribution in [3.63, 3.8) is 0 Å². The molecule has 0 saturated carbocycles. The van der Waals surface area contributed by atoms with Gasteiger partial charge in [-0.3, -0.25) is 4.79 Å². The van der Waals surface area contributed by atoms with Gasteiger partial charge < -0.3 is 20.5 Å². The number of rotatable bonds is 5. The van der Waals surface area contributed by atoms with Gasteiger partial charge in [0.2, 0.25) is 5.91 Å². The van der Waals surface area contributed by atoms with E-state index >= 15 is 0 Å². The molecule has 104 valence electrons. The van der Waals surface area contributed by atoms with E-state index in [1.54, 1.807) is 19.1 Å². The lowest BCUT2D eigenvalue weighted by atomic mass is 10.2. The van der Waals surface area contributed by atoms with Crippen LogP contribution >= 0.6 is 0 Å². The Balaban J connectivity index is 1.89. The molecule has 1 saturated heterocycles. The summed E-state index contributed by atoms with van der Waals surface area (Å²) in [5, 5.41) is 2.73. The summed E-state index contributed by atoms with van der Waals surface area (Å²) < 4.78 is 11.2. The van der Waals surface area contributed by atoms with Gasteiger partial charge in [-0.15, -0.1) is 0 Å². The Bertz CT molecular complexity index is 428. The summed E-state index contributed by atoms with van der Waals surface area (Å²) in [5.41, 5.74) is 6.19. The van der Waals surface area contributed by atoms with Crippen molar-refractivity contribution < 1.29 is 14.3 Å². The van der Waals surface area contributed by atoms with Gasteiger partial charge in [0.25, 0.3) is 0 Å². The summed E-state index contributed by atoms with van der Waals surface area (Å²) in [4.78, 5) is 11.5. The van der Waals surface area contributed by atoms with Crippen LogP contribution in [-0.4, -0.2) is 31.3 Å². The number of ether oxygens (including phenoxy) is 2. The van der Waals surface area contributed by atoms with Gasteiger partial charge in [0.15, 0.2) is 0 Å². The maximum atomic E-state index is 11.5. The molecule has 5 heteroatoms. The van der Waals surface area contributed by atoms with Crippen molar-refractivity contribution in [1.29, 1.82) is 0 Å². The molecule has 3 N–H and O–H groups in total. The predicted octanol–water partition coefficient (Wildman–Crippen LogP) is 1.53. The minimum Gasteiger partial charge on any atom is -0.491 e. The molecule has 2 rings (SSSR count). The minimum absolute atomic E-state index is 0.183. The van der Waals surface area contributed by atoms with Gasteiger partial charge in [0.1, 0.15) is 12.4 Å². The highest BCUT2D eigenvalue weighted by molar-refractivity contribution is 5.94. The summed E-state index contributed by atoms with van der Waals surface area (Å²) in [6, 6.07) is 6.75. The van der Waals surface area contributed by atoms with Gasteiger partial charge in [0.05, 0.1) is 12.1 Å². The van der Waals surface area contributed by atoms with Gasteiger partial charge in [-0.1, -0.05) is 6.07 Å². The zero-order chi connectivity index (χ0) is 13.7. The van der Waals surface area contributed by atoms with Gasteiger partial charge in [-0.25, -0.2) is 0 Å². The highest BCUT2D eigenvalue weighted by Gasteiger charge is 2.16. The van der Waals surface area contributed by atoms with Crippen LogP contribution in [0, 0.1) is 0 Å². The average Bonchev–Trinajstić information content (AvgIpc) is 2.90. The Morgan fingerprint density at radius 1 is 1.63 bits per heavy atom. The van der Waals surface area contributed by atoms with Gasteiger partial charge in [-0.2, -0.15) is 0 Å². The largest absolute Gasteiger partial charge is 0.491 e. The first kappa shape index (κ1) is 13.8. The number of carbonyl (C=O) groups is 1. The van der Waals surface area contributed by atoms with E-state index in [0.717, 1.165) is 25.2 Å². The van der Waals surface area contributed by atoms with E-state index in [0.29, 0.717) is 12.3 Å². The molecular formula is C14H20N2O3. The first-order chi connectivity index (χ1) is 9.15. The molecule has 19 heavy (non-hydrogen) atoms. The van der Waals surface area contributed by atoms with Gasteiger partial charge in [0, 0.05) is 18.4 Å². The number of benzene rings is 1. The van der Waals surface area contributed by atoms with E-state index in [2.05, 4.69) is 5.32 Å². The highest BCUT2D eigenvalue weighted by atomic mass is 16.5. The predicted molar refractivity (Wildman–Crippen MR) is 73.2 cm³/mol. The van der Waals surface area contributed by atoms with Crippen LogP contribution in [0.25, 0.3) is 0 Å². The molecule has 0 radical (unpaired) electrons. The molecule has 0 spiro atoms. The van der Waals surface area contributed by atoms with E-state index in [-0.39, 0.29) is 12.0 Å². The summed E-state index contributed by atoms with van der Waals surface area (Å²) in [5.74, 6) is 0.509. The average molecular weight is 264 g/mol. The summed E-state index contributed by atoms with van der Waals surface area (Å²) in [6.07, 6.45) is 2.32. The quantitative estimate of drug-likeness (QED) is 0.846. The van der Waals surface area contributed by atoms with Crippen LogP contribution in [0.1, 0.15) is 19.8 Å². The smallest absolute Gasteiger partial charge is 0.241 e. The van der Waals surface area contributed by atoms with Crippen molar-refractivity contribution in [2.24, 2.45) is 5.73 Å². The first-order valence-electron chi connectivity index (χ1n) is 6.56. The Labute approximate surface area is 113 Å². The number of nitrogens with one attached hydrogen (secondary N) is 1. The molecule has 1 unspecified atom stereocenters. The van der Waals surface area contributed by atoms with Crippen molar-refractivity contribution in [3.8, 4) is 5.75 Å². The van der Waals surface area contributed by atoms with Crippen LogP contribution in [-0.2, 0) is 9.53 Å². The molecule has 0 aromatic heterocycles. The van der Waals surface area contributed by atoms with Crippen molar-refractivity contribution in [3.05, 3.63) is 24.3 Å². The van der Waals surface area contributed by atoms with Crippen LogP contribution in [0.5, 0.6) is 5.75 Å². The van der Waals surface area contributed by atoms with E-state index < -0.39 is 6.04 Å². The van der Waals surface area contributed by atoms with Crippen LogP contribution in [0.2, 0.25) is 0 Å². The Kier molecular flexibility index (Phi) is 4.76. The second-order valence-corrected chi connectivity index (χ2v) is 4.75. The molecule has 5 nitrogen and oxygen atoms in total. The first-order valence-corrected chi connectivity index (χ1v) is 6.56. The zero-order valence-corrected chi connectivity index (χ0v) is 11.1. The molecule has 1 aromatic carbocycles. The number of anilines is 1. The fourth-order valence-electron chi connectivity index (χ4n) is 1.88. The third kappa shape index (κ3) is 4.22. The van der Waals surface area contributed by atoms with Gasteiger partial charge >= 0.3 is 0 Å². The fraction of sp³-hybridized carbons (Fsp3) is 0.500. The molecule has 1 aliphatic heterocycles. The Morgan fingerprint density at radius 2 is 2.47 bits per heavy atom. The summed E-state index contributed by atoms with van der Waals surface area (Å²) >= 11 is 0. The fourth-order valence-corrected chi connectivity index (χ4v) is 1.88. The molecule has 1 aromatic rings. The molecule has 0 bridgehead atoms. The zero-order valence-electron chi connectivity index (χ0n) is 11.1. The van der Waals surface area contributed by atoms with E-state index in [9.17, 15) is 4.79 Å². The van der Waals surface area contributed by atoms with E-state index in [4.69, 9.17) is 15.2 Å². The minimum atomic E-state index is -0.531. The maximum absolute atomic E-state index is 11.5. The molecule has 1 heterocycles. The molecule has 1 aliphatic rings. The second-order valence-electron chi connectivity index (χ2n) is 4.75. The van der Waals surface area contributed by atoms with Crippen molar-refractivity contribution in [2.45, 2.75) is 31.9 Å². The topological polar surface area (TPSA) is 73.6 Å². The standard InChI is InChI=1S/C14H20N2O3/c1-10(15)14(17)16-11-4-2-5-12(8-11)19-9-13-6-3-7-18-13/h2,4-5,8,10,13H,3,6-7,9,15H2,1H3,(H,16,17)/t10-,13?/m1/s1. The molecular weight excluding hydrogens is 244 g/mol. The number of hydrogen-bond donors (Lipinski definition) is 2. The number of carbonyl (C=O) groups excluding carboxylic acids is 1. The lowest BCUT2D eigenvalue weighted by molar-refractivity contribution is -0.117. The monoisotopic (exact) mass is 264 g/mol. The second kappa shape index (κ2) is 6.54. The lowest BCUT2D eigenvalue weighted by Crippen LogP contribution is -2.32. The SMILES string of the molecule is C[C@@H](N)C(=O)Nc1cccc(OCC2CCCO2)c1. The third-order valence-corrected chi connectivity index (χ3v) is 2.98. The maximum Gasteiger partial charge on any atom is 0.241 e. The Hall–Kier alpha value is -1.59. The van der Waals surface area contributed by atoms with Gasteiger partial charge in [-0.05, 0) is 31.9 Å². The number of hydrogen-bond acceptors (Lipinski definition) is 4. The van der Waals surface area contributed by atoms with Crippen LogP contribution in [0.3, 0.4) is 0 Å². The molecule has 1 fully saturated rings. The van der Waals surface area contributed by atoms with Crippen LogP contribution in [0.4, 0.5) is 5.69 Å². The lowest BCUT2D eigenvalue weighted by Gasteiger charge is -2.13. The van der Waals surface area contributed by atoms with Crippen molar-refractivity contribution in [2.75, 3.05) is 18.5 Å².